The quantitative estimate of drug-likeness (QED) is 0.762. The molecule has 1 aromatic carbocycles. The fourth-order valence-electron chi connectivity index (χ4n) is 2.34. The van der Waals surface area contributed by atoms with Gasteiger partial charge in [0.1, 0.15) is 12.6 Å². The fourth-order valence-corrected chi connectivity index (χ4v) is 3.63. The molecule has 1 unspecified atom stereocenters. The van der Waals surface area contributed by atoms with Gasteiger partial charge in [0, 0.05) is 18.1 Å². The number of nitrogens with zero attached hydrogens (tertiary/aromatic N) is 1. The van der Waals surface area contributed by atoms with Crippen molar-refractivity contribution in [3.05, 3.63) is 47.5 Å². The standard InChI is InChI=1S/C15H18ClNO4S/c1-12(16)11-21-15(18)14(13-5-3-2-4-6-13)17-7-9-22(19,20)10-8-17/h2-6,14H,1,7-11H2. The lowest BCUT2D eigenvalue weighted by molar-refractivity contribution is -0.149. The normalized spacial score (nSPS) is 19.3. The molecule has 7 heteroatoms. The molecule has 1 fully saturated rings. The third-order valence-corrected chi connectivity index (χ3v) is 5.17. The van der Waals surface area contributed by atoms with E-state index in [-0.39, 0.29) is 23.1 Å². The average Bonchev–Trinajstić information content (AvgIpc) is 2.48. The van der Waals surface area contributed by atoms with Gasteiger partial charge < -0.3 is 4.74 Å². The Balaban J connectivity index is 2.19. The Morgan fingerprint density at radius 1 is 1.27 bits per heavy atom. The second kappa shape index (κ2) is 7.26. The summed E-state index contributed by atoms with van der Waals surface area (Å²) in [4.78, 5) is 14.2. The SMILES string of the molecule is C=C(Cl)COC(=O)C(c1ccccc1)N1CCS(=O)(=O)CC1. The van der Waals surface area contributed by atoms with Crippen LogP contribution in [0.4, 0.5) is 0 Å². The van der Waals surface area contributed by atoms with Crippen LogP contribution in [0.2, 0.25) is 0 Å². The molecule has 1 aliphatic heterocycles. The highest BCUT2D eigenvalue weighted by atomic mass is 35.5. The smallest absolute Gasteiger partial charge is 0.328 e. The fraction of sp³-hybridized carbons (Fsp3) is 0.400. The summed E-state index contributed by atoms with van der Waals surface area (Å²) >= 11 is 5.63. The number of hydrogen-bond acceptors (Lipinski definition) is 5. The van der Waals surface area contributed by atoms with Gasteiger partial charge in [-0.05, 0) is 5.56 Å². The van der Waals surface area contributed by atoms with Crippen molar-refractivity contribution in [3.8, 4) is 0 Å². The molecule has 1 atom stereocenters. The molecular weight excluding hydrogens is 326 g/mol. The Kier molecular flexibility index (Phi) is 5.61. The van der Waals surface area contributed by atoms with E-state index in [1.807, 2.05) is 35.2 Å². The summed E-state index contributed by atoms with van der Waals surface area (Å²) in [7, 11) is -3.01. The van der Waals surface area contributed by atoms with Gasteiger partial charge >= 0.3 is 5.97 Å². The first-order chi connectivity index (χ1) is 10.4. The minimum atomic E-state index is -3.01. The number of carbonyl (C=O) groups is 1. The third-order valence-electron chi connectivity index (χ3n) is 3.45. The van der Waals surface area contributed by atoms with E-state index >= 15 is 0 Å². The molecule has 1 saturated heterocycles. The molecule has 1 aliphatic rings. The number of halogens is 1. The zero-order valence-corrected chi connectivity index (χ0v) is 13.6. The number of hydrogen-bond donors (Lipinski definition) is 0. The van der Waals surface area contributed by atoms with Gasteiger partial charge in [0.25, 0.3) is 0 Å². The predicted octanol–water partition coefficient (Wildman–Crippen LogP) is 1.75. The molecule has 1 aromatic rings. The topological polar surface area (TPSA) is 63.7 Å². The van der Waals surface area contributed by atoms with E-state index in [4.69, 9.17) is 16.3 Å². The van der Waals surface area contributed by atoms with Crippen molar-refractivity contribution in [1.82, 2.24) is 4.90 Å². The predicted molar refractivity (Wildman–Crippen MR) is 85.4 cm³/mol. The van der Waals surface area contributed by atoms with Crippen LogP contribution in [0.1, 0.15) is 11.6 Å². The Morgan fingerprint density at radius 2 is 1.86 bits per heavy atom. The van der Waals surface area contributed by atoms with Crippen molar-refractivity contribution >= 4 is 27.4 Å². The summed E-state index contributed by atoms with van der Waals surface area (Å²) in [6, 6.07) is 8.53. The zero-order chi connectivity index (χ0) is 16.2. The molecule has 2 rings (SSSR count). The Morgan fingerprint density at radius 3 is 2.41 bits per heavy atom. The lowest BCUT2D eigenvalue weighted by Crippen LogP contribution is -2.45. The van der Waals surface area contributed by atoms with Gasteiger partial charge in [-0.1, -0.05) is 48.5 Å². The van der Waals surface area contributed by atoms with Crippen molar-refractivity contribution in [2.24, 2.45) is 0 Å². The van der Waals surface area contributed by atoms with Crippen molar-refractivity contribution < 1.29 is 17.9 Å². The molecule has 1 heterocycles. The largest absolute Gasteiger partial charge is 0.458 e. The van der Waals surface area contributed by atoms with E-state index in [2.05, 4.69) is 6.58 Å². The molecule has 0 saturated carbocycles. The van der Waals surface area contributed by atoms with Crippen LogP contribution < -0.4 is 0 Å². The lowest BCUT2D eigenvalue weighted by atomic mass is 10.1. The maximum atomic E-state index is 12.4. The van der Waals surface area contributed by atoms with Gasteiger partial charge in [0.15, 0.2) is 9.84 Å². The van der Waals surface area contributed by atoms with Gasteiger partial charge in [-0.3, -0.25) is 4.90 Å². The van der Waals surface area contributed by atoms with Gasteiger partial charge in [-0.2, -0.15) is 0 Å². The van der Waals surface area contributed by atoms with E-state index in [0.29, 0.717) is 13.1 Å². The molecule has 5 nitrogen and oxygen atoms in total. The summed E-state index contributed by atoms with van der Waals surface area (Å²) in [6.45, 7) is 4.04. The van der Waals surface area contributed by atoms with Crippen LogP contribution in [0.15, 0.2) is 41.9 Å². The number of rotatable bonds is 5. The van der Waals surface area contributed by atoms with Gasteiger partial charge in [0.05, 0.1) is 11.5 Å². The summed E-state index contributed by atoms with van der Waals surface area (Å²) in [5, 5.41) is 0.237. The number of benzene rings is 1. The van der Waals surface area contributed by atoms with Crippen molar-refractivity contribution in [1.29, 1.82) is 0 Å². The second-order valence-corrected chi connectivity index (χ2v) is 7.96. The van der Waals surface area contributed by atoms with E-state index in [9.17, 15) is 13.2 Å². The maximum Gasteiger partial charge on any atom is 0.328 e. The molecule has 0 aromatic heterocycles. The van der Waals surface area contributed by atoms with Crippen molar-refractivity contribution in [2.45, 2.75) is 6.04 Å². The Hall–Kier alpha value is -1.37. The second-order valence-electron chi connectivity index (χ2n) is 5.13. The summed E-state index contributed by atoms with van der Waals surface area (Å²) in [6.07, 6.45) is 0. The summed E-state index contributed by atoms with van der Waals surface area (Å²) < 4.78 is 28.3. The maximum absolute atomic E-state index is 12.4. The monoisotopic (exact) mass is 343 g/mol. The molecule has 0 amide bonds. The minimum Gasteiger partial charge on any atom is -0.458 e. The summed E-state index contributed by atoms with van der Waals surface area (Å²) in [5.74, 6) is -0.357. The highest BCUT2D eigenvalue weighted by Gasteiger charge is 2.33. The van der Waals surface area contributed by atoms with Gasteiger partial charge in [-0.15, -0.1) is 0 Å². The Labute approximate surface area is 135 Å². The molecule has 22 heavy (non-hydrogen) atoms. The molecule has 0 N–H and O–H groups in total. The number of carbonyl (C=O) groups excluding carboxylic acids is 1. The van der Waals surface area contributed by atoms with Crippen LogP contribution in [-0.2, 0) is 19.4 Å². The van der Waals surface area contributed by atoms with Crippen LogP contribution in [0.3, 0.4) is 0 Å². The highest BCUT2D eigenvalue weighted by molar-refractivity contribution is 7.91. The van der Waals surface area contributed by atoms with Gasteiger partial charge in [0.2, 0.25) is 0 Å². The van der Waals surface area contributed by atoms with E-state index in [1.54, 1.807) is 0 Å². The van der Waals surface area contributed by atoms with Crippen LogP contribution in [-0.4, -0.2) is 50.5 Å². The number of esters is 1. The first kappa shape index (κ1) is 17.0. The number of ether oxygens (including phenoxy) is 1. The van der Waals surface area contributed by atoms with Crippen molar-refractivity contribution in [3.63, 3.8) is 0 Å². The molecule has 0 spiro atoms. The minimum absolute atomic E-state index is 0.0474. The van der Waals surface area contributed by atoms with Gasteiger partial charge in [-0.25, -0.2) is 13.2 Å². The molecule has 0 bridgehead atoms. The lowest BCUT2D eigenvalue weighted by Gasteiger charge is -2.33. The van der Waals surface area contributed by atoms with Crippen LogP contribution >= 0.6 is 11.6 Å². The van der Waals surface area contributed by atoms with E-state index < -0.39 is 21.8 Å². The summed E-state index contributed by atoms with van der Waals surface area (Å²) in [5.41, 5.74) is 0.770. The Bertz CT molecular complexity index is 631. The third kappa shape index (κ3) is 4.56. The molecular formula is C15H18ClNO4S. The van der Waals surface area contributed by atoms with E-state index in [1.165, 1.54) is 0 Å². The van der Waals surface area contributed by atoms with Crippen molar-refractivity contribution in [2.75, 3.05) is 31.2 Å². The van der Waals surface area contributed by atoms with Crippen LogP contribution in [0.5, 0.6) is 0 Å². The molecule has 0 radical (unpaired) electrons. The average molecular weight is 344 g/mol. The highest BCUT2D eigenvalue weighted by Crippen LogP contribution is 2.24. The molecule has 0 aliphatic carbocycles. The molecule has 120 valence electrons. The first-order valence-corrected chi connectivity index (χ1v) is 9.08. The number of sulfone groups is 1. The van der Waals surface area contributed by atoms with Crippen LogP contribution in [0.25, 0.3) is 0 Å². The zero-order valence-electron chi connectivity index (χ0n) is 12.1. The van der Waals surface area contributed by atoms with E-state index in [0.717, 1.165) is 5.56 Å². The van der Waals surface area contributed by atoms with Crippen LogP contribution in [0, 0.1) is 0 Å². The first-order valence-electron chi connectivity index (χ1n) is 6.88.